The Labute approximate surface area is 193 Å². The molecular weight excluding hydrogens is 444 g/mol. The van der Waals surface area contributed by atoms with Crippen LogP contribution in [0.5, 0.6) is 0 Å². The molecule has 2 aromatic heterocycles. The summed E-state index contributed by atoms with van der Waals surface area (Å²) in [5.74, 6) is -1.03. The highest BCUT2D eigenvalue weighted by molar-refractivity contribution is 6.30. The quantitative estimate of drug-likeness (QED) is 0.291. The second-order valence-electron chi connectivity index (χ2n) is 7.74. The van der Waals surface area contributed by atoms with Gasteiger partial charge in [-0.3, -0.25) is 19.5 Å². The third-order valence-electron chi connectivity index (χ3n) is 5.49. The van der Waals surface area contributed by atoms with Gasteiger partial charge in [0.05, 0.1) is 16.9 Å². The van der Waals surface area contributed by atoms with E-state index in [9.17, 15) is 14.4 Å². The number of pyridine rings is 1. The molecule has 9 nitrogen and oxygen atoms in total. The second kappa shape index (κ2) is 9.43. The Balaban J connectivity index is 1.47. The molecule has 4 aromatic rings. The molecule has 2 aromatic carbocycles. The molecule has 0 aliphatic rings. The minimum absolute atomic E-state index is 0.0176. The average Bonchev–Trinajstić information content (AvgIpc) is 3.26. The number of primary amides is 1. The van der Waals surface area contributed by atoms with Gasteiger partial charge in [0.25, 0.3) is 11.5 Å². The van der Waals surface area contributed by atoms with E-state index in [1.54, 1.807) is 16.7 Å². The topological polar surface area (TPSA) is 149 Å². The molecule has 170 valence electrons. The number of H-pyrrole nitrogens is 1. The summed E-state index contributed by atoms with van der Waals surface area (Å²) in [5, 5.41) is 11.0. The van der Waals surface area contributed by atoms with E-state index in [0.29, 0.717) is 42.0 Å². The lowest BCUT2D eigenvalue weighted by molar-refractivity contribution is -0.122. The van der Waals surface area contributed by atoms with Gasteiger partial charge in [0.1, 0.15) is 11.2 Å². The predicted octanol–water partition coefficient (Wildman–Crippen LogP) is 1.71. The minimum atomic E-state index is -0.752. The number of aryl methyl sites for hydroxylation is 1. The molecule has 0 aliphatic heterocycles. The molecule has 0 saturated heterocycles. The summed E-state index contributed by atoms with van der Waals surface area (Å²) in [6.07, 6.45) is 0.874. The number of benzene rings is 2. The Bertz CT molecular complexity index is 1390. The van der Waals surface area contributed by atoms with E-state index in [1.165, 1.54) is 0 Å². The van der Waals surface area contributed by atoms with Crippen LogP contribution >= 0.6 is 11.6 Å². The van der Waals surface area contributed by atoms with Crippen LogP contribution in [0.3, 0.4) is 0 Å². The van der Waals surface area contributed by atoms with Gasteiger partial charge in [0.15, 0.2) is 0 Å². The van der Waals surface area contributed by atoms with Crippen molar-refractivity contribution < 1.29 is 9.59 Å². The van der Waals surface area contributed by atoms with Gasteiger partial charge in [-0.25, -0.2) is 0 Å². The van der Waals surface area contributed by atoms with Gasteiger partial charge in [0.2, 0.25) is 5.91 Å². The fraction of sp³-hybridized carbons (Fsp3) is 0.217. The highest BCUT2D eigenvalue weighted by Gasteiger charge is 2.19. The van der Waals surface area contributed by atoms with Crippen LogP contribution in [0.15, 0.2) is 53.3 Å². The Morgan fingerprint density at radius 1 is 1.15 bits per heavy atom. The third kappa shape index (κ3) is 4.59. The fourth-order valence-corrected chi connectivity index (χ4v) is 3.97. The first-order chi connectivity index (χ1) is 15.9. The molecule has 1 unspecified atom stereocenters. The number of amides is 2. The van der Waals surface area contributed by atoms with E-state index in [4.69, 9.17) is 23.1 Å². The van der Waals surface area contributed by atoms with Gasteiger partial charge in [-0.05, 0) is 36.6 Å². The van der Waals surface area contributed by atoms with Crippen molar-refractivity contribution in [2.45, 2.75) is 25.4 Å². The average molecular weight is 467 g/mol. The smallest absolute Gasteiger partial charge is 0.267 e. The van der Waals surface area contributed by atoms with Gasteiger partial charge in [-0.1, -0.05) is 41.9 Å². The summed E-state index contributed by atoms with van der Waals surface area (Å²) < 4.78 is 1.57. The van der Waals surface area contributed by atoms with E-state index in [1.807, 2.05) is 36.4 Å². The van der Waals surface area contributed by atoms with Gasteiger partial charge in [-0.2, -0.15) is 5.10 Å². The van der Waals surface area contributed by atoms with Crippen molar-refractivity contribution in [3.8, 4) is 0 Å². The number of halogens is 1. The number of nitrogens with zero attached hydrogens (tertiary/aromatic N) is 2. The number of hydrogen-bond donors (Lipinski definition) is 4. The Morgan fingerprint density at radius 2 is 1.88 bits per heavy atom. The summed E-state index contributed by atoms with van der Waals surface area (Å²) in [5.41, 5.74) is 13.1. The lowest BCUT2D eigenvalue weighted by Gasteiger charge is -2.14. The molecule has 0 aliphatic carbocycles. The molecule has 0 bridgehead atoms. The zero-order valence-electron chi connectivity index (χ0n) is 17.7. The predicted molar refractivity (Wildman–Crippen MR) is 127 cm³/mol. The number of nitrogens with one attached hydrogen (secondary N) is 2. The normalized spacial score (nSPS) is 12.2. The van der Waals surface area contributed by atoms with Crippen molar-refractivity contribution in [3.05, 3.63) is 75.2 Å². The van der Waals surface area contributed by atoms with Crippen LogP contribution in [-0.4, -0.2) is 39.2 Å². The monoisotopic (exact) mass is 466 g/mol. The molecule has 0 radical (unpaired) electrons. The number of fused-ring (bicyclic) bond motifs is 3. The molecule has 4 rings (SSSR count). The van der Waals surface area contributed by atoms with E-state index in [-0.39, 0.29) is 22.5 Å². The maximum absolute atomic E-state index is 13.2. The molecule has 1 atom stereocenters. The second-order valence-corrected chi connectivity index (χ2v) is 8.18. The van der Waals surface area contributed by atoms with E-state index in [2.05, 4.69) is 15.5 Å². The van der Waals surface area contributed by atoms with Crippen molar-refractivity contribution in [1.82, 2.24) is 20.1 Å². The summed E-state index contributed by atoms with van der Waals surface area (Å²) in [6, 6.07) is 13.8. The van der Waals surface area contributed by atoms with Crippen LogP contribution in [0, 0.1) is 0 Å². The zero-order chi connectivity index (χ0) is 23.5. The number of carbonyl (C=O) groups is 2. The van der Waals surface area contributed by atoms with Crippen molar-refractivity contribution in [2.75, 3.05) is 6.54 Å². The summed E-state index contributed by atoms with van der Waals surface area (Å²) in [7, 11) is 0. The first-order valence-corrected chi connectivity index (χ1v) is 10.8. The number of carbonyl (C=O) groups excluding carboxylic acids is 2. The van der Waals surface area contributed by atoms with Crippen LogP contribution in [0.4, 0.5) is 0 Å². The lowest BCUT2D eigenvalue weighted by Crippen LogP contribution is -2.42. The highest BCUT2D eigenvalue weighted by atomic mass is 35.5. The van der Waals surface area contributed by atoms with Gasteiger partial charge < -0.3 is 21.4 Å². The molecular formula is C23H23ClN6O3. The van der Waals surface area contributed by atoms with Crippen molar-refractivity contribution in [3.63, 3.8) is 0 Å². The molecule has 10 heteroatoms. The number of hydrogen-bond acceptors (Lipinski definition) is 5. The largest absolute Gasteiger partial charge is 0.364 e. The third-order valence-corrected chi connectivity index (χ3v) is 5.74. The summed E-state index contributed by atoms with van der Waals surface area (Å²) in [6.45, 7) is 0.658. The first kappa shape index (κ1) is 22.5. The molecule has 33 heavy (non-hydrogen) atoms. The number of aromatic amines is 1. The number of aromatic nitrogens is 3. The Kier molecular flexibility index (Phi) is 6.43. The van der Waals surface area contributed by atoms with E-state index < -0.39 is 11.9 Å². The maximum Gasteiger partial charge on any atom is 0.267 e. The van der Waals surface area contributed by atoms with Gasteiger partial charge in [0, 0.05) is 23.5 Å². The summed E-state index contributed by atoms with van der Waals surface area (Å²) >= 11 is 5.88. The van der Waals surface area contributed by atoms with Gasteiger partial charge >= 0.3 is 0 Å². The van der Waals surface area contributed by atoms with Crippen LogP contribution in [-0.2, 0) is 17.8 Å². The molecule has 2 amide bonds. The molecule has 0 spiro atoms. The zero-order valence-corrected chi connectivity index (χ0v) is 18.4. The van der Waals surface area contributed by atoms with Crippen LogP contribution in [0.25, 0.3) is 21.8 Å². The SMILES string of the molecule is NC(=O)c1[nH]nc2c1c(=O)n(CCCNC(=O)C(N)Cc1ccc(Cl)cc1)c1ccccc21. The number of nitrogens with two attached hydrogens (primary N) is 2. The summed E-state index contributed by atoms with van der Waals surface area (Å²) in [4.78, 5) is 37.3. The maximum atomic E-state index is 13.2. The van der Waals surface area contributed by atoms with Crippen molar-refractivity contribution in [2.24, 2.45) is 11.5 Å². The minimum Gasteiger partial charge on any atom is -0.364 e. The van der Waals surface area contributed by atoms with Crippen molar-refractivity contribution >= 4 is 45.2 Å². The molecule has 0 saturated carbocycles. The van der Waals surface area contributed by atoms with E-state index in [0.717, 1.165) is 10.9 Å². The molecule has 0 fully saturated rings. The van der Waals surface area contributed by atoms with Crippen molar-refractivity contribution in [1.29, 1.82) is 0 Å². The van der Waals surface area contributed by atoms with Crippen LogP contribution < -0.4 is 22.3 Å². The van der Waals surface area contributed by atoms with Crippen LogP contribution in [0.2, 0.25) is 5.02 Å². The number of para-hydroxylation sites is 1. The van der Waals surface area contributed by atoms with Crippen LogP contribution in [0.1, 0.15) is 22.5 Å². The number of rotatable bonds is 8. The van der Waals surface area contributed by atoms with Gasteiger partial charge in [-0.15, -0.1) is 0 Å². The highest BCUT2D eigenvalue weighted by Crippen LogP contribution is 2.23. The molecule has 2 heterocycles. The lowest BCUT2D eigenvalue weighted by atomic mass is 10.1. The fourth-order valence-electron chi connectivity index (χ4n) is 3.85. The standard InChI is InChI=1S/C23H23ClN6O3/c24-14-8-6-13(7-9-14)12-16(25)22(32)27-10-3-11-30-17-5-2-1-4-15(17)19-18(23(30)33)20(21(26)31)29-28-19/h1-2,4-9,16H,3,10-12,25H2,(H2,26,31)(H,27,32)(H,28,29). The molecule has 6 N–H and O–H groups in total. The first-order valence-electron chi connectivity index (χ1n) is 10.4. The van der Waals surface area contributed by atoms with E-state index >= 15 is 0 Å². The Morgan fingerprint density at radius 3 is 2.61 bits per heavy atom. The Hall–Kier alpha value is -3.69.